The first kappa shape index (κ1) is 21.8. The Bertz CT molecular complexity index is 579. The van der Waals surface area contributed by atoms with E-state index in [0.717, 1.165) is 24.3 Å². The number of carbonyl (C=O) groups is 2. The molecular formula is C19H30N2O5. The molecule has 0 bridgehead atoms. The molecule has 1 atom stereocenters. The molecule has 0 aliphatic carbocycles. The maximum absolute atomic E-state index is 11.8. The number of nitrogens with one attached hydrogen (secondary N) is 1. The fourth-order valence-electron chi connectivity index (χ4n) is 2.18. The number of hydrogen-bond acceptors (Lipinski definition) is 5. The number of carbonyl (C=O) groups excluding carboxylic acids is 1. The summed E-state index contributed by atoms with van der Waals surface area (Å²) in [6.07, 6.45) is 0.344. The van der Waals surface area contributed by atoms with Crippen molar-refractivity contribution in [3.63, 3.8) is 0 Å². The SMILES string of the molecule is CN(C)CCCOc1ccc(CC(NC(=O)OC(C)(C)C)C(=O)O)cc1. The minimum atomic E-state index is -1.11. The van der Waals surface area contributed by atoms with Crippen LogP contribution in [0.4, 0.5) is 4.79 Å². The van der Waals surface area contributed by atoms with Gasteiger partial charge in [-0.05, 0) is 59.0 Å². The van der Waals surface area contributed by atoms with Crippen molar-refractivity contribution in [2.75, 3.05) is 27.2 Å². The minimum Gasteiger partial charge on any atom is -0.494 e. The first-order valence-electron chi connectivity index (χ1n) is 8.65. The normalized spacial score (nSPS) is 12.5. The predicted molar refractivity (Wildman–Crippen MR) is 99.6 cm³/mol. The van der Waals surface area contributed by atoms with Crippen LogP contribution in [0.2, 0.25) is 0 Å². The number of ether oxygens (including phenoxy) is 2. The van der Waals surface area contributed by atoms with Crippen molar-refractivity contribution in [3.05, 3.63) is 29.8 Å². The lowest BCUT2D eigenvalue weighted by Gasteiger charge is -2.22. The predicted octanol–water partition coefficient (Wildman–Crippen LogP) is 2.54. The lowest BCUT2D eigenvalue weighted by atomic mass is 10.1. The Morgan fingerprint density at radius 2 is 1.81 bits per heavy atom. The molecule has 0 spiro atoms. The summed E-state index contributed by atoms with van der Waals surface area (Å²) in [6, 6.07) is 6.15. The van der Waals surface area contributed by atoms with E-state index in [2.05, 4.69) is 10.2 Å². The molecule has 1 aromatic rings. The van der Waals surface area contributed by atoms with Crippen molar-refractivity contribution < 1.29 is 24.2 Å². The Morgan fingerprint density at radius 3 is 2.31 bits per heavy atom. The quantitative estimate of drug-likeness (QED) is 0.653. The highest BCUT2D eigenvalue weighted by molar-refractivity contribution is 5.80. The Labute approximate surface area is 155 Å². The standard InChI is InChI=1S/C19H30N2O5/c1-19(2,3)26-18(24)20-16(17(22)23)13-14-7-9-15(10-8-14)25-12-6-11-21(4)5/h7-10,16H,6,11-13H2,1-5H3,(H,20,24)(H,22,23). The number of carboxylic acids is 1. The number of benzene rings is 1. The molecule has 0 saturated heterocycles. The number of alkyl carbamates (subject to hydrolysis) is 1. The van der Waals surface area contributed by atoms with Gasteiger partial charge >= 0.3 is 12.1 Å². The second-order valence-corrected chi connectivity index (χ2v) is 7.39. The smallest absolute Gasteiger partial charge is 0.408 e. The van der Waals surface area contributed by atoms with Gasteiger partial charge in [0.05, 0.1) is 6.61 Å². The first-order chi connectivity index (χ1) is 12.1. The van der Waals surface area contributed by atoms with Gasteiger partial charge in [0.15, 0.2) is 0 Å². The highest BCUT2D eigenvalue weighted by Gasteiger charge is 2.24. The molecule has 0 radical (unpaired) electrons. The molecule has 0 aromatic heterocycles. The molecule has 146 valence electrons. The third-order valence-electron chi connectivity index (χ3n) is 3.37. The van der Waals surface area contributed by atoms with Gasteiger partial charge in [0, 0.05) is 13.0 Å². The van der Waals surface area contributed by atoms with Crippen LogP contribution in [0.5, 0.6) is 5.75 Å². The zero-order valence-electron chi connectivity index (χ0n) is 16.2. The number of amides is 1. The lowest BCUT2D eigenvalue weighted by Crippen LogP contribution is -2.44. The number of carboxylic acid groups (broad SMARTS) is 1. The van der Waals surface area contributed by atoms with Gasteiger partial charge in [0.25, 0.3) is 0 Å². The van der Waals surface area contributed by atoms with Gasteiger partial charge in [0.2, 0.25) is 0 Å². The number of nitrogens with zero attached hydrogens (tertiary/aromatic N) is 1. The van der Waals surface area contributed by atoms with E-state index >= 15 is 0 Å². The second kappa shape index (κ2) is 10.0. The zero-order valence-corrected chi connectivity index (χ0v) is 16.2. The Kier molecular flexibility index (Phi) is 8.38. The van der Waals surface area contributed by atoms with Crippen LogP contribution in [0.25, 0.3) is 0 Å². The van der Waals surface area contributed by atoms with Gasteiger partial charge in [-0.15, -0.1) is 0 Å². The first-order valence-corrected chi connectivity index (χ1v) is 8.65. The molecule has 1 amide bonds. The summed E-state index contributed by atoms with van der Waals surface area (Å²) in [6.45, 7) is 6.74. The van der Waals surface area contributed by atoms with Gasteiger partial charge in [-0.3, -0.25) is 0 Å². The summed E-state index contributed by atoms with van der Waals surface area (Å²) in [5.74, 6) is -0.376. The maximum Gasteiger partial charge on any atom is 0.408 e. The Hall–Kier alpha value is -2.28. The molecule has 0 aliphatic rings. The Morgan fingerprint density at radius 1 is 1.19 bits per heavy atom. The molecule has 0 fully saturated rings. The summed E-state index contributed by atoms with van der Waals surface area (Å²) >= 11 is 0. The van der Waals surface area contributed by atoms with Gasteiger partial charge in [-0.25, -0.2) is 9.59 Å². The molecular weight excluding hydrogens is 336 g/mol. The van der Waals surface area contributed by atoms with Crippen LogP contribution >= 0.6 is 0 Å². The van der Waals surface area contributed by atoms with E-state index in [1.807, 2.05) is 14.1 Å². The summed E-state index contributed by atoms with van der Waals surface area (Å²) in [4.78, 5) is 25.3. The summed E-state index contributed by atoms with van der Waals surface area (Å²) in [7, 11) is 4.03. The number of rotatable bonds is 9. The monoisotopic (exact) mass is 366 g/mol. The minimum absolute atomic E-state index is 0.162. The van der Waals surface area contributed by atoms with Crippen LogP contribution in [0.15, 0.2) is 24.3 Å². The van der Waals surface area contributed by atoms with E-state index < -0.39 is 23.7 Å². The van der Waals surface area contributed by atoms with Crippen molar-refractivity contribution in [2.24, 2.45) is 0 Å². The fraction of sp³-hybridized carbons (Fsp3) is 0.579. The van der Waals surface area contributed by atoms with E-state index in [1.165, 1.54) is 0 Å². The van der Waals surface area contributed by atoms with E-state index in [0.29, 0.717) is 6.61 Å². The lowest BCUT2D eigenvalue weighted by molar-refractivity contribution is -0.139. The topological polar surface area (TPSA) is 88.1 Å². The molecule has 7 heteroatoms. The maximum atomic E-state index is 11.8. The fourth-order valence-corrected chi connectivity index (χ4v) is 2.18. The molecule has 26 heavy (non-hydrogen) atoms. The van der Waals surface area contributed by atoms with E-state index in [4.69, 9.17) is 9.47 Å². The van der Waals surface area contributed by atoms with Crippen LogP contribution in [0.1, 0.15) is 32.8 Å². The summed E-state index contributed by atoms with van der Waals surface area (Å²) in [5.41, 5.74) is 0.104. The molecule has 0 aliphatic heterocycles. The highest BCUT2D eigenvalue weighted by Crippen LogP contribution is 2.14. The van der Waals surface area contributed by atoms with Crippen molar-refractivity contribution in [3.8, 4) is 5.75 Å². The largest absolute Gasteiger partial charge is 0.494 e. The third kappa shape index (κ3) is 9.27. The molecule has 1 rings (SSSR count). The van der Waals surface area contributed by atoms with E-state index in [-0.39, 0.29) is 6.42 Å². The van der Waals surface area contributed by atoms with Crippen LogP contribution in [0, 0.1) is 0 Å². The van der Waals surface area contributed by atoms with Crippen molar-refractivity contribution in [1.29, 1.82) is 0 Å². The zero-order chi connectivity index (χ0) is 19.7. The highest BCUT2D eigenvalue weighted by atomic mass is 16.6. The van der Waals surface area contributed by atoms with Gasteiger partial charge in [0.1, 0.15) is 17.4 Å². The summed E-state index contributed by atoms with van der Waals surface area (Å²) in [5, 5.41) is 11.7. The van der Waals surface area contributed by atoms with Crippen molar-refractivity contribution in [1.82, 2.24) is 10.2 Å². The van der Waals surface area contributed by atoms with Crippen LogP contribution in [-0.2, 0) is 16.0 Å². The number of hydrogen-bond donors (Lipinski definition) is 2. The average Bonchev–Trinajstić information content (AvgIpc) is 2.50. The molecule has 2 N–H and O–H groups in total. The summed E-state index contributed by atoms with van der Waals surface area (Å²) < 4.78 is 10.8. The third-order valence-corrected chi connectivity index (χ3v) is 3.37. The molecule has 7 nitrogen and oxygen atoms in total. The van der Waals surface area contributed by atoms with Crippen molar-refractivity contribution in [2.45, 2.75) is 45.3 Å². The van der Waals surface area contributed by atoms with E-state index in [1.54, 1.807) is 45.0 Å². The van der Waals surface area contributed by atoms with Crippen LogP contribution in [-0.4, -0.2) is 61.0 Å². The average molecular weight is 366 g/mol. The van der Waals surface area contributed by atoms with Crippen LogP contribution in [0.3, 0.4) is 0 Å². The molecule has 1 aromatic carbocycles. The van der Waals surface area contributed by atoms with Crippen molar-refractivity contribution >= 4 is 12.1 Å². The van der Waals surface area contributed by atoms with E-state index in [9.17, 15) is 14.7 Å². The van der Waals surface area contributed by atoms with Gasteiger partial charge in [-0.2, -0.15) is 0 Å². The number of aliphatic carboxylic acids is 1. The second-order valence-electron chi connectivity index (χ2n) is 7.39. The van der Waals surface area contributed by atoms with Crippen LogP contribution < -0.4 is 10.1 Å². The van der Waals surface area contributed by atoms with Gasteiger partial charge in [-0.1, -0.05) is 12.1 Å². The molecule has 1 unspecified atom stereocenters. The molecule has 0 saturated carbocycles. The van der Waals surface area contributed by atoms with Gasteiger partial charge < -0.3 is 24.8 Å². The molecule has 0 heterocycles. The Balaban J connectivity index is 2.55.